The molecule has 1 rings (SSSR count). The quantitative estimate of drug-likeness (QED) is 0.0889. The summed E-state index contributed by atoms with van der Waals surface area (Å²) in [6.45, 7) is 16.4. The molecule has 7 nitrogen and oxygen atoms in total. The second-order valence-electron chi connectivity index (χ2n) is 8.62. The average Bonchev–Trinajstić information content (AvgIpc) is 2.89. The van der Waals surface area contributed by atoms with E-state index in [0.29, 0.717) is 24.2 Å². The van der Waals surface area contributed by atoms with Crippen LogP contribution in [-0.2, 0) is 11.8 Å². The monoisotopic (exact) mass is 498 g/mol. The SMILES string of the molecule is C=C(NC)/C(=C/C=C(\CC)C(C[C@@H](C)N)(/C(N)=N/N)c1ccc(C(=O)NC)cc1CCC)CC.CC. The molecule has 8 N–H and O–H groups in total. The zero-order valence-corrected chi connectivity index (χ0v) is 23.8. The Hall–Kier alpha value is -3.06. The molecule has 0 saturated heterocycles. The maximum atomic E-state index is 12.4. The van der Waals surface area contributed by atoms with Crippen LogP contribution in [-0.4, -0.2) is 31.9 Å². The molecule has 1 aromatic carbocycles. The minimum absolute atomic E-state index is 0.130. The predicted octanol–water partition coefficient (Wildman–Crippen LogP) is 4.64. The number of hydrazone groups is 1. The van der Waals surface area contributed by atoms with E-state index >= 15 is 0 Å². The lowest BCUT2D eigenvalue weighted by Gasteiger charge is -2.39. The van der Waals surface area contributed by atoms with Crippen LogP contribution in [0.1, 0.15) is 88.7 Å². The number of likely N-dealkylation sites (N-methyl/N-ethyl adjacent to an activating group) is 1. The first-order valence-electron chi connectivity index (χ1n) is 13.1. The highest BCUT2D eigenvalue weighted by atomic mass is 16.1. The van der Waals surface area contributed by atoms with Gasteiger partial charge in [-0.2, -0.15) is 5.10 Å². The molecule has 1 aromatic rings. The number of carbonyl (C=O) groups is 1. The van der Waals surface area contributed by atoms with E-state index in [-0.39, 0.29) is 11.9 Å². The molecule has 0 aliphatic rings. The minimum Gasteiger partial charge on any atom is -0.388 e. The van der Waals surface area contributed by atoms with E-state index in [1.54, 1.807) is 7.05 Å². The van der Waals surface area contributed by atoms with Crippen molar-refractivity contribution in [3.05, 3.63) is 70.5 Å². The average molecular weight is 499 g/mol. The van der Waals surface area contributed by atoms with Crippen molar-refractivity contribution in [3.63, 3.8) is 0 Å². The van der Waals surface area contributed by atoms with Crippen molar-refractivity contribution in [2.24, 2.45) is 22.4 Å². The molecule has 0 radical (unpaired) electrons. The minimum atomic E-state index is -0.806. The van der Waals surface area contributed by atoms with Crippen LogP contribution in [0.25, 0.3) is 0 Å². The lowest BCUT2D eigenvalue weighted by Crippen LogP contribution is -2.47. The zero-order chi connectivity index (χ0) is 27.9. The summed E-state index contributed by atoms with van der Waals surface area (Å²) >= 11 is 0. The fourth-order valence-electron chi connectivity index (χ4n) is 4.54. The van der Waals surface area contributed by atoms with Crippen molar-refractivity contribution in [3.8, 4) is 0 Å². The van der Waals surface area contributed by atoms with Gasteiger partial charge in [0.05, 0.1) is 5.41 Å². The summed E-state index contributed by atoms with van der Waals surface area (Å²) in [6, 6.07) is 5.58. The number of nitrogens with one attached hydrogen (secondary N) is 2. The Balaban J connectivity index is 0.00000596. The van der Waals surface area contributed by atoms with Gasteiger partial charge in [0.15, 0.2) is 0 Å². The van der Waals surface area contributed by atoms with Gasteiger partial charge in [-0.25, -0.2) is 0 Å². The van der Waals surface area contributed by atoms with Gasteiger partial charge in [0.1, 0.15) is 5.84 Å². The lowest BCUT2D eigenvalue weighted by molar-refractivity contribution is 0.0963. The van der Waals surface area contributed by atoms with Crippen LogP contribution in [0.15, 0.2) is 58.9 Å². The molecule has 0 saturated carbocycles. The fraction of sp³-hybridized carbons (Fsp3) is 0.517. The van der Waals surface area contributed by atoms with Crippen LogP contribution in [0, 0.1) is 0 Å². The number of amidine groups is 1. The van der Waals surface area contributed by atoms with Gasteiger partial charge >= 0.3 is 0 Å². The van der Waals surface area contributed by atoms with Crippen molar-refractivity contribution in [1.82, 2.24) is 10.6 Å². The molecule has 0 aliphatic heterocycles. The number of hydrogen-bond acceptors (Lipinski definition) is 5. The summed E-state index contributed by atoms with van der Waals surface area (Å²) in [4.78, 5) is 12.4. The van der Waals surface area contributed by atoms with Crippen LogP contribution < -0.4 is 27.9 Å². The van der Waals surface area contributed by atoms with E-state index in [1.165, 1.54) is 0 Å². The molecule has 0 bridgehead atoms. The maximum Gasteiger partial charge on any atom is 0.251 e. The first-order valence-corrected chi connectivity index (χ1v) is 13.1. The number of carbonyl (C=O) groups excluding carboxylic acids is 1. The Morgan fingerprint density at radius 3 is 2.22 bits per heavy atom. The molecule has 7 heteroatoms. The summed E-state index contributed by atoms with van der Waals surface area (Å²) in [5, 5.41) is 9.83. The van der Waals surface area contributed by atoms with Crippen LogP contribution in [0.5, 0.6) is 0 Å². The van der Waals surface area contributed by atoms with Crippen LogP contribution in [0.2, 0.25) is 0 Å². The third-order valence-corrected chi connectivity index (χ3v) is 6.26. The number of nitrogens with zero attached hydrogens (tertiary/aromatic N) is 1. The molecule has 36 heavy (non-hydrogen) atoms. The van der Waals surface area contributed by atoms with E-state index in [9.17, 15) is 4.79 Å². The van der Waals surface area contributed by atoms with E-state index < -0.39 is 5.41 Å². The first kappa shape index (κ1) is 32.9. The Bertz CT molecular complexity index is 945. The van der Waals surface area contributed by atoms with E-state index in [4.69, 9.17) is 17.3 Å². The summed E-state index contributed by atoms with van der Waals surface area (Å²) < 4.78 is 0. The smallest absolute Gasteiger partial charge is 0.251 e. The van der Waals surface area contributed by atoms with Gasteiger partial charge in [-0.15, -0.1) is 0 Å². The number of hydrogen-bond donors (Lipinski definition) is 5. The molecule has 0 aromatic heterocycles. The van der Waals surface area contributed by atoms with Crippen LogP contribution >= 0.6 is 0 Å². The fourth-order valence-corrected chi connectivity index (χ4v) is 4.54. The second-order valence-corrected chi connectivity index (χ2v) is 8.62. The van der Waals surface area contributed by atoms with Gasteiger partial charge in [0.25, 0.3) is 5.91 Å². The predicted molar refractivity (Wildman–Crippen MR) is 156 cm³/mol. The summed E-state index contributed by atoms with van der Waals surface area (Å²) in [6.07, 6.45) is 7.94. The molecular weight excluding hydrogens is 448 g/mol. The van der Waals surface area contributed by atoms with Crippen LogP contribution in [0.4, 0.5) is 0 Å². The molecule has 1 amide bonds. The molecule has 1 unspecified atom stereocenters. The number of amides is 1. The van der Waals surface area contributed by atoms with Gasteiger partial charge in [0.2, 0.25) is 0 Å². The highest BCUT2D eigenvalue weighted by molar-refractivity contribution is 5.97. The van der Waals surface area contributed by atoms with Crippen LogP contribution in [0.3, 0.4) is 0 Å². The summed E-state index contributed by atoms with van der Waals surface area (Å²) in [5.74, 6) is 6.01. The highest BCUT2D eigenvalue weighted by Gasteiger charge is 2.42. The lowest BCUT2D eigenvalue weighted by atomic mass is 9.66. The van der Waals surface area contributed by atoms with Crippen molar-refractivity contribution in [2.75, 3.05) is 14.1 Å². The van der Waals surface area contributed by atoms with Gasteiger partial charge in [-0.05, 0) is 61.4 Å². The van der Waals surface area contributed by atoms with Crippen molar-refractivity contribution in [2.45, 2.75) is 85.1 Å². The summed E-state index contributed by atoms with van der Waals surface area (Å²) in [7, 11) is 3.49. The Morgan fingerprint density at radius 1 is 1.14 bits per heavy atom. The first-order chi connectivity index (χ1) is 17.2. The van der Waals surface area contributed by atoms with Crippen molar-refractivity contribution >= 4 is 11.7 Å². The Morgan fingerprint density at radius 2 is 1.78 bits per heavy atom. The molecule has 2 atom stereocenters. The van der Waals surface area contributed by atoms with E-state index in [2.05, 4.69) is 55.2 Å². The zero-order valence-electron chi connectivity index (χ0n) is 23.8. The third-order valence-electron chi connectivity index (χ3n) is 6.26. The van der Waals surface area contributed by atoms with Crippen molar-refractivity contribution < 1.29 is 4.79 Å². The number of benzene rings is 1. The Kier molecular flexibility index (Phi) is 15.2. The molecule has 0 spiro atoms. The van der Waals surface area contributed by atoms with Gasteiger partial charge in [-0.3, -0.25) is 4.79 Å². The number of rotatable bonds is 13. The topological polar surface area (TPSA) is 132 Å². The molecule has 0 aliphatic carbocycles. The maximum absolute atomic E-state index is 12.4. The number of nitrogens with two attached hydrogens (primary N) is 3. The van der Waals surface area contributed by atoms with Gasteiger partial charge in [0, 0.05) is 31.4 Å². The highest BCUT2D eigenvalue weighted by Crippen LogP contribution is 2.41. The molecule has 202 valence electrons. The van der Waals surface area contributed by atoms with E-state index in [1.807, 2.05) is 46.0 Å². The normalized spacial score (nSPS) is 14.8. The standard InChI is InChI=1S/C27H44N6O.C2H6/c1-8-11-21-16-22(25(34)32-7)13-15-24(21)27(17-18(4)28,26(29)33-30)23(10-3)14-12-20(9-2)19(5)31-6;1-2/h12-16,18,31H,5,8-11,17,28,30H2,1-4,6-7H3,(H2,29,33)(H,32,34);1-2H3/b20-12+,23-14+;/t18-,27?;/m1./s1. The number of aryl methyl sites for hydroxylation is 1. The second kappa shape index (κ2) is 16.6. The van der Waals surface area contributed by atoms with Gasteiger partial charge < -0.3 is 27.9 Å². The van der Waals surface area contributed by atoms with Gasteiger partial charge in [-0.1, -0.05) is 71.4 Å². The third kappa shape index (κ3) is 7.98. The largest absolute Gasteiger partial charge is 0.388 e. The van der Waals surface area contributed by atoms with Crippen molar-refractivity contribution in [1.29, 1.82) is 0 Å². The molecule has 0 fully saturated rings. The molecular formula is C29H50N6O. The molecule has 0 heterocycles. The Labute approximate surface area is 219 Å². The summed E-state index contributed by atoms with van der Waals surface area (Å²) in [5.41, 5.74) is 17.9. The number of allylic oxidation sites excluding steroid dienone is 3. The van der Waals surface area contributed by atoms with E-state index in [0.717, 1.165) is 47.2 Å².